The van der Waals surface area contributed by atoms with Crippen molar-refractivity contribution in [2.75, 3.05) is 39.3 Å². The van der Waals surface area contributed by atoms with Crippen molar-refractivity contribution in [3.63, 3.8) is 0 Å². The molecule has 5 heteroatoms. The molecule has 0 bridgehead atoms. The molecule has 24 heavy (non-hydrogen) atoms. The number of nitrogens with zero attached hydrogens (tertiary/aromatic N) is 3. The number of piperidine rings is 1. The van der Waals surface area contributed by atoms with Crippen LogP contribution in [0.3, 0.4) is 0 Å². The van der Waals surface area contributed by atoms with Gasteiger partial charge in [-0.25, -0.2) is 0 Å². The van der Waals surface area contributed by atoms with Crippen LogP contribution in [0.1, 0.15) is 52.9 Å². The number of hydrogen-bond donors (Lipinski definition) is 0. The molecule has 0 aromatic rings. The summed E-state index contributed by atoms with van der Waals surface area (Å²) in [6, 6.07) is 0.331. The summed E-state index contributed by atoms with van der Waals surface area (Å²) >= 11 is 0. The van der Waals surface area contributed by atoms with Gasteiger partial charge in [0.25, 0.3) is 0 Å². The zero-order valence-corrected chi connectivity index (χ0v) is 15.6. The van der Waals surface area contributed by atoms with Crippen molar-refractivity contribution in [2.24, 2.45) is 11.3 Å². The SMILES string of the molecule is CC(C)CN1CCN(C2CCN(C(=O)C3(C)CCC3)CC2)C(=O)C1. The molecule has 0 radical (unpaired) electrons. The average Bonchev–Trinajstić information content (AvgIpc) is 2.52. The second-order valence-corrected chi connectivity index (χ2v) is 8.65. The van der Waals surface area contributed by atoms with Crippen molar-refractivity contribution in [3.8, 4) is 0 Å². The Bertz CT molecular complexity index is 479. The van der Waals surface area contributed by atoms with Crippen LogP contribution in [0.5, 0.6) is 0 Å². The van der Waals surface area contributed by atoms with E-state index < -0.39 is 0 Å². The number of piperazine rings is 1. The average molecular weight is 335 g/mol. The summed E-state index contributed by atoms with van der Waals surface area (Å²) < 4.78 is 0. The number of likely N-dealkylation sites (tertiary alicyclic amines) is 1. The number of amides is 2. The lowest BCUT2D eigenvalue weighted by atomic mass is 9.69. The van der Waals surface area contributed by atoms with Crippen molar-refractivity contribution in [1.29, 1.82) is 0 Å². The third-order valence-electron chi connectivity index (χ3n) is 6.13. The quantitative estimate of drug-likeness (QED) is 0.789. The molecular formula is C19H33N3O2. The van der Waals surface area contributed by atoms with Crippen LogP contribution in [0.2, 0.25) is 0 Å². The molecule has 0 unspecified atom stereocenters. The summed E-state index contributed by atoms with van der Waals surface area (Å²) in [5.41, 5.74) is -0.0921. The van der Waals surface area contributed by atoms with Crippen molar-refractivity contribution < 1.29 is 9.59 Å². The smallest absolute Gasteiger partial charge is 0.237 e. The van der Waals surface area contributed by atoms with Crippen molar-refractivity contribution in [2.45, 2.75) is 58.9 Å². The van der Waals surface area contributed by atoms with Gasteiger partial charge in [0.15, 0.2) is 0 Å². The Morgan fingerprint density at radius 2 is 1.83 bits per heavy atom. The van der Waals surface area contributed by atoms with Gasteiger partial charge in [-0.2, -0.15) is 0 Å². The van der Waals surface area contributed by atoms with Gasteiger partial charge in [-0.15, -0.1) is 0 Å². The predicted octanol–water partition coefficient (Wildman–Crippen LogP) is 1.97. The van der Waals surface area contributed by atoms with Gasteiger partial charge in [-0.3, -0.25) is 14.5 Å². The minimum absolute atomic E-state index is 0.0921. The van der Waals surface area contributed by atoms with E-state index in [0.29, 0.717) is 24.4 Å². The molecule has 136 valence electrons. The van der Waals surface area contributed by atoms with E-state index in [1.54, 1.807) is 0 Å². The lowest BCUT2D eigenvalue weighted by Crippen LogP contribution is -2.58. The molecule has 3 aliphatic rings. The summed E-state index contributed by atoms with van der Waals surface area (Å²) in [7, 11) is 0. The van der Waals surface area contributed by atoms with E-state index in [1.807, 2.05) is 0 Å². The number of carbonyl (C=O) groups excluding carboxylic acids is 2. The first kappa shape index (κ1) is 17.7. The molecule has 5 nitrogen and oxygen atoms in total. The first-order valence-electron chi connectivity index (χ1n) is 9.70. The first-order valence-corrected chi connectivity index (χ1v) is 9.70. The summed E-state index contributed by atoms with van der Waals surface area (Å²) in [6.07, 6.45) is 5.16. The van der Waals surface area contributed by atoms with E-state index in [-0.39, 0.29) is 11.3 Å². The summed E-state index contributed by atoms with van der Waals surface area (Å²) in [4.78, 5) is 31.6. The lowest BCUT2D eigenvalue weighted by Gasteiger charge is -2.46. The van der Waals surface area contributed by atoms with E-state index in [9.17, 15) is 9.59 Å². The van der Waals surface area contributed by atoms with E-state index in [2.05, 4.69) is 35.5 Å². The monoisotopic (exact) mass is 335 g/mol. The van der Waals surface area contributed by atoms with Crippen LogP contribution in [0.15, 0.2) is 0 Å². The number of hydrogen-bond acceptors (Lipinski definition) is 3. The maximum Gasteiger partial charge on any atom is 0.237 e. The second kappa shape index (κ2) is 7.03. The molecular weight excluding hydrogens is 302 g/mol. The minimum atomic E-state index is -0.0921. The molecule has 2 aliphatic heterocycles. The molecule has 0 N–H and O–H groups in total. The van der Waals surface area contributed by atoms with Crippen LogP contribution in [0.25, 0.3) is 0 Å². The second-order valence-electron chi connectivity index (χ2n) is 8.65. The molecule has 0 spiro atoms. The van der Waals surface area contributed by atoms with E-state index in [4.69, 9.17) is 0 Å². The molecule has 2 amide bonds. The zero-order chi connectivity index (χ0) is 17.3. The van der Waals surface area contributed by atoms with E-state index in [1.165, 1.54) is 6.42 Å². The molecule has 2 saturated heterocycles. The predicted molar refractivity (Wildman–Crippen MR) is 94.6 cm³/mol. The van der Waals surface area contributed by atoms with Crippen molar-refractivity contribution in [3.05, 3.63) is 0 Å². The van der Waals surface area contributed by atoms with Crippen LogP contribution in [0.4, 0.5) is 0 Å². The molecule has 0 aromatic heterocycles. The number of carbonyl (C=O) groups is 2. The fourth-order valence-corrected chi connectivity index (χ4v) is 4.48. The lowest BCUT2D eigenvalue weighted by molar-refractivity contribution is -0.149. The van der Waals surface area contributed by atoms with E-state index in [0.717, 1.165) is 58.4 Å². The maximum atomic E-state index is 12.6. The zero-order valence-electron chi connectivity index (χ0n) is 15.6. The van der Waals surface area contributed by atoms with Gasteiger partial charge in [0.1, 0.15) is 0 Å². The highest BCUT2D eigenvalue weighted by Crippen LogP contribution is 2.42. The van der Waals surface area contributed by atoms with Crippen LogP contribution in [-0.4, -0.2) is 71.8 Å². The third-order valence-corrected chi connectivity index (χ3v) is 6.13. The Morgan fingerprint density at radius 1 is 1.17 bits per heavy atom. The van der Waals surface area contributed by atoms with Crippen LogP contribution in [0, 0.1) is 11.3 Å². The molecule has 1 aliphatic carbocycles. The minimum Gasteiger partial charge on any atom is -0.342 e. The standard InChI is InChI=1S/C19H33N3O2/c1-15(2)13-20-11-12-22(17(23)14-20)16-5-9-21(10-6-16)18(24)19(3)7-4-8-19/h15-16H,4-14H2,1-3H3. The Balaban J connectivity index is 1.48. The first-order chi connectivity index (χ1) is 11.4. The van der Waals surface area contributed by atoms with Gasteiger partial charge < -0.3 is 9.80 Å². The van der Waals surface area contributed by atoms with Crippen LogP contribution < -0.4 is 0 Å². The third kappa shape index (κ3) is 3.61. The summed E-state index contributed by atoms with van der Waals surface area (Å²) in [6.45, 7) is 11.6. The van der Waals surface area contributed by atoms with Crippen LogP contribution in [-0.2, 0) is 9.59 Å². The Hall–Kier alpha value is -1.10. The molecule has 3 rings (SSSR count). The Labute approximate surface area is 146 Å². The largest absolute Gasteiger partial charge is 0.342 e. The Morgan fingerprint density at radius 3 is 2.33 bits per heavy atom. The summed E-state index contributed by atoms with van der Waals surface area (Å²) in [5.74, 6) is 1.23. The molecule has 2 heterocycles. The topological polar surface area (TPSA) is 43.9 Å². The maximum absolute atomic E-state index is 12.6. The summed E-state index contributed by atoms with van der Waals surface area (Å²) in [5, 5.41) is 0. The van der Waals surface area contributed by atoms with Gasteiger partial charge in [0.2, 0.25) is 11.8 Å². The highest BCUT2D eigenvalue weighted by atomic mass is 16.2. The van der Waals surface area contributed by atoms with Crippen molar-refractivity contribution >= 4 is 11.8 Å². The normalized spacial score (nSPS) is 25.9. The van der Waals surface area contributed by atoms with Gasteiger partial charge in [0, 0.05) is 44.2 Å². The van der Waals surface area contributed by atoms with E-state index >= 15 is 0 Å². The van der Waals surface area contributed by atoms with Gasteiger partial charge in [0.05, 0.1) is 6.54 Å². The molecule has 1 saturated carbocycles. The molecule has 3 fully saturated rings. The van der Waals surface area contributed by atoms with Gasteiger partial charge in [-0.1, -0.05) is 27.2 Å². The fourth-order valence-electron chi connectivity index (χ4n) is 4.48. The van der Waals surface area contributed by atoms with Crippen molar-refractivity contribution in [1.82, 2.24) is 14.7 Å². The highest BCUT2D eigenvalue weighted by Gasteiger charge is 2.43. The number of rotatable bonds is 4. The fraction of sp³-hybridized carbons (Fsp3) is 0.895. The van der Waals surface area contributed by atoms with Gasteiger partial charge >= 0.3 is 0 Å². The highest BCUT2D eigenvalue weighted by molar-refractivity contribution is 5.83. The van der Waals surface area contributed by atoms with Gasteiger partial charge in [-0.05, 0) is 31.6 Å². The molecule has 0 atom stereocenters. The Kier molecular flexibility index (Phi) is 5.19. The molecule has 0 aromatic carbocycles. The van der Waals surface area contributed by atoms with Crippen LogP contribution >= 0.6 is 0 Å².